The topological polar surface area (TPSA) is 37.3 Å². The number of hydrogen-bond acceptors (Lipinski definition) is 2. The van der Waals surface area contributed by atoms with Gasteiger partial charge in [-0.05, 0) is 40.2 Å². The molecule has 0 radical (unpaired) electrons. The van der Waals surface area contributed by atoms with Gasteiger partial charge in [0.2, 0.25) is 0 Å². The second-order valence-corrected chi connectivity index (χ2v) is 5.39. The Morgan fingerprint density at radius 3 is 2.44 bits per heavy atom. The lowest BCUT2D eigenvalue weighted by Crippen LogP contribution is -2.00. The zero-order valence-corrected chi connectivity index (χ0v) is 11.5. The van der Waals surface area contributed by atoms with Crippen LogP contribution >= 0.6 is 27.7 Å². The number of benzene rings is 2. The van der Waals surface area contributed by atoms with E-state index in [0.717, 1.165) is 11.8 Å². The molecule has 0 aliphatic carbocycles. The van der Waals surface area contributed by atoms with E-state index in [1.165, 1.54) is 6.07 Å². The number of carboxylic acid groups (broad SMARTS) is 1. The molecule has 0 aromatic heterocycles. The van der Waals surface area contributed by atoms with Gasteiger partial charge < -0.3 is 5.11 Å². The van der Waals surface area contributed by atoms with Gasteiger partial charge >= 0.3 is 5.97 Å². The second-order valence-electron chi connectivity index (χ2n) is 3.45. The predicted molar refractivity (Wildman–Crippen MR) is 71.6 cm³/mol. The van der Waals surface area contributed by atoms with E-state index < -0.39 is 5.97 Å². The lowest BCUT2D eigenvalue weighted by atomic mass is 10.2. The van der Waals surface area contributed by atoms with Gasteiger partial charge in [-0.3, -0.25) is 0 Å². The summed E-state index contributed by atoms with van der Waals surface area (Å²) < 4.78 is 14.0. The van der Waals surface area contributed by atoms with E-state index in [1.807, 2.05) is 0 Å². The molecule has 0 aliphatic rings. The highest BCUT2D eigenvalue weighted by Crippen LogP contribution is 2.35. The van der Waals surface area contributed by atoms with Gasteiger partial charge in [-0.1, -0.05) is 30.0 Å². The Morgan fingerprint density at radius 2 is 1.78 bits per heavy atom. The van der Waals surface area contributed by atoms with E-state index in [0.29, 0.717) is 14.3 Å². The van der Waals surface area contributed by atoms with Crippen molar-refractivity contribution in [2.45, 2.75) is 9.79 Å². The highest BCUT2D eigenvalue weighted by molar-refractivity contribution is 9.10. The first-order valence-electron chi connectivity index (χ1n) is 5.04. The average Bonchev–Trinajstić information content (AvgIpc) is 2.31. The van der Waals surface area contributed by atoms with E-state index in [4.69, 9.17) is 5.11 Å². The molecule has 0 spiro atoms. The minimum absolute atomic E-state index is 0.144. The first kappa shape index (κ1) is 13.1. The molecule has 1 N–H and O–H groups in total. The van der Waals surface area contributed by atoms with Gasteiger partial charge in [-0.15, -0.1) is 0 Å². The van der Waals surface area contributed by atoms with E-state index in [1.54, 1.807) is 36.4 Å². The van der Waals surface area contributed by atoms with Crippen molar-refractivity contribution in [3.8, 4) is 0 Å². The highest BCUT2D eigenvalue weighted by atomic mass is 79.9. The molecule has 0 fully saturated rings. The maximum Gasteiger partial charge on any atom is 0.338 e. The van der Waals surface area contributed by atoms with Crippen molar-refractivity contribution in [1.82, 2.24) is 0 Å². The zero-order chi connectivity index (χ0) is 13.1. The Bertz CT molecular complexity index is 601. The fourth-order valence-electron chi connectivity index (χ4n) is 1.44. The molecule has 92 valence electrons. The third-order valence-electron chi connectivity index (χ3n) is 2.25. The van der Waals surface area contributed by atoms with Crippen LogP contribution in [0.15, 0.2) is 56.7 Å². The molecular formula is C13H8BrFO2S. The smallest absolute Gasteiger partial charge is 0.338 e. The molecule has 2 aromatic carbocycles. The fraction of sp³-hybridized carbons (Fsp3) is 0. The van der Waals surface area contributed by atoms with E-state index in [9.17, 15) is 9.18 Å². The van der Waals surface area contributed by atoms with Crippen LogP contribution < -0.4 is 0 Å². The Morgan fingerprint density at radius 1 is 1.11 bits per heavy atom. The molecule has 0 saturated heterocycles. The lowest BCUT2D eigenvalue weighted by molar-refractivity contribution is 0.0692. The van der Waals surface area contributed by atoms with Gasteiger partial charge in [-0.2, -0.15) is 0 Å². The Kier molecular flexibility index (Phi) is 4.04. The normalized spacial score (nSPS) is 10.3. The highest BCUT2D eigenvalue weighted by Gasteiger charge is 2.15. The van der Waals surface area contributed by atoms with Gasteiger partial charge in [0.05, 0.1) is 5.56 Å². The van der Waals surface area contributed by atoms with Crippen molar-refractivity contribution in [3.05, 3.63) is 58.3 Å². The van der Waals surface area contributed by atoms with Crippen LogP contribution in [0.4, 0.5) is 4.39 Å². The summed E-state index contributed by atoms with van der Waals surface area (Å²) in [6.45, 7) is 0. The first-order chi connectivity index (χ1) is 8.59. The Labute approximate surface area is 116 Å². The molecule has 5 heteroatoms. The van der Waals surface area contributed by atoms with E-state index in [2.05, 4.69) is 15.9 Å². The van der Waals surface area contributed by atoms with Crippen molar-refractivity contribution >= 4 is 33.7 Å². The fourth-order valence-corrected chi connectivity index (χ4v) is 3.10. The lowest BCUT2D eigenvalue weighted by Gasteiger charge is -2.08. The molecule has 2 aromatic rings. The van der Waals surface area contributed by atoms with Crippen molar-refractivity contribution in [2.75, 3.05) is 0 Å². The number of aromatic carboxylic acids is 1. The van der Waals surface area contributed by atoms with Crippen LogP contribution in [-0.4, -0.2) is 11.1 Å². The Hall–Kier alpha value is -1.33. The SMILES string of the molecule is O=C(O)c1c(Br)cccc1Sc1ccccc1F. The summed E-state index contributed by atoms with van der Waals surface area (Å²) in [4.78, 5) is 12.1. The number of halogens is 2. The van der Waals surface area contributed by atoms with Crippen molar-refractivity contribution in [2.24, 2.45) is 0 Å². The third kappa shape index (κ3) is 2.73. The van der Waals surface area contributed by atoms with E-state index >= 15 is 0 Å². The molecule has 18 heavy (non-hydrogen) atoms. The molecule has 0 saturated carbocycles. The van der Waals surface area contributed by atoms with Crippen LogP contribution in [0.2, 0.25) is 0 Å². The van der Waals surface area contributed by atoms with Crippen molar-refractivity contribution < 1.29 is 14.3 Å². The van der Waals surface area contributed by atoms with E-state index in [-0.39, 0.29) is 11.4 Å². The predicted octanol–water partition coefficient (Wildman–Crippen LogP) is 4.44. The second kappa shape index (κ2) is 5.54. The number of hydrogen-bond donors (Lipinski definition) is 1. The molecule has 2 nitrogen and oxygen atoms in total. The van der Waals surface area contributed by atoms with Gasteiger partial charge in [0.15, 0.2) is 0 Å². The number of carboxylic acids is 1. The van der Waals surface area contributed by atoms with Gasteiger partial charge in [-0.25, -0.2) is 9.18 Å². The summed E-state index contributed by atoms with van der Waals surface area (Å²) >= 11 is 4.29. The molecule has 0 unspecified atom stereocenters. The van der Waals surface area contributed by atoms with Crippen LogP contribution in [0.1, 0.15) is 10.4 Å². The summed E-state index contributed by atoms with van der Waals surface area (Å²) in [5.74, 6) is -1.40. The van der Waals surface area contributed by atoms with Crippen LogP contribution in [0.25, 0.3) is 0 Å². The summed E-state index contributed by atoms with van der Waals surface area (Å²) in [5, 5.41) is 9.16. The Balaban J connectivity index is 2.44. The molecular weight excluding hydrogens is 319 g/mol. The van der Waals surface area contributed by atoms with Gasteiger partial charge in [0, 0.05) is 14.3 Å². The van der Waals surface area contributed by atoms with Crippen LogP contribution in [-0.2, 0) is 0 Å². The summed E-state index contributed by atoms with van der Waals surface area (Å²) in [7, 11) is 0. The molecule has 2 rings (SSSR count). The monoisotopic (exact) mass is 326 g/mol. The minimum Gasteiger partial charge on any atom is -0.478 e. The maximum absolute atomic E-state index is 13.5. The van der Waals surface area contributed by atoms with Gasteiger partial charge in [0.1, 0.15) is 5.82 Å². The summed E-state index contributed by atoms with van der Waals surface area (Å²) in [6, 6.07) is 11.3. The average molecular weight is 327 g/mol. The molecule has 0 heterocycles. The van der Waals surface area contributed by atoms with Crippen LogP contribution in [0, 0.1) is 5.82 Å². The minimum atomic E-state index is -1.04. The first-order valence-corrected chi connectivity index (χ1v) is 6.64. The third-order valence-corrected chi connectivity index (χ3v) is 4.02. The standard InChI is InChI=1S/C13H8BrFO2S/c14-8-4-3-7-11(12(8)13(16)17)18-10-6-2-1-5-9(10)15/h1-7H,(H,16,17). The quantitative estimate of drug-likeness (QED) is 0.906. The van der Waals surface area contributed by atoms with Crippen LogP contribution in [0.3, 0.4) is 0 Å². The van der Waals surface area contributed by atoms with Crippen LogP contribution in [0.5, 0.6) is 0 Å². The van der Waals surface area contributed by atoms with Crippen molar-refractivity contribution in [3.63, 3.8) is 0 Å². The molecule has 0 aliphatic heterocycles. The summed E-state index contributed by atoms with van der Waals surface area (Å²) in [5.41, 5.74) is 0.144. The number of rotatable bonds is 3. The maximum atomic E-state index is 13.5. The zero-order valence-electron chi connectivity index (χ0n) is 9.06. The van der Waals surface area contributed by atoms with Crippen molar-refractivity contribution in [1.29, 1.82) is 0 Å². The van der Waals surface area contributed by atoms with Gasteiger partial charge in [0.25, 0.3) is 0 Å². The molecule has 0 amide bonds. The summed E-state index contributed by atoms with van der Waals surface area (Å²) in [6.07, 6.45) is 0. The largest absolute Gasteiger partial charge is 0.478 e. The molecule has 0 atom stereocenters. The number of carbonyl (C=O) groups is 1. The molecule has 0 bridgehead atoms.